The molecule has 3 heteroatoms. The first-order valence-electron chi connectivity index (χ1n) is 7.68. The molecule has 1 aliphatic carbocycles. The normalized spacial score (nSPS) is 23.3. The Kier molecular flexibility index (Phi) is 4.52. The molecule has 0 atom stereocenters. The molecule has 0 radical (unpaired) electrons. The summed E-state index contributed by atoms with van der Waals surface area (Å²) < 4.78 is 0. The van der Waals surface area contributed by atoms with Gasteiger partial charge in [0.15, 0.2) is 5.96 Å². The van der Waals surface area contributed by atoms with E-state index in [1.165, 1.54) is 45.2 Å². The molecule has 1 heterocycles. The third-order valence-electron chi connectivity index (χ3n) is 4.34. The molecule has 3 nitrogen and oxygen atoms in total. The van der Waals surface area contributed by atoms with E-state index in [9.17, 15) is 0 Å². The lowest BCUT2D eigenvalue weighted by Crippen LogP contribution is -2.41. The van der Waals surface area contributed by atoms with Gasteiger partial charge in [-0.15, -0.1) is 0 Å². The number of aliphatic imine (C=N–C) groups is 1. The zero-order valence-electron chi connectivity index (χ0n) is 12.3. The number of nitrogens with zero attached hydrogens (tertiary/aromatic N) is 2. The van der Waals surface area contributed by atoms with E-state index in [1.54, 1.807) is 0 Å². The SMILES string of the molecule is CCNC(=NCC(C)C)N1CCC2(CCCC2)C1. The van der Waals surface area contributed by atoms with Crippen molar-refractivity contribution in [2.75, 3.05) is 26.2 Å². The van der Waals surface area contributed by atoms with Crippen LogP contribution in [0.5, 0.6) is 0 Å². The lowest BCUT2D eigenvalue weighted by molar-refractivity contribution is 0.309. The third-order valence-corrected chi connectivity index (χ3v) is 4.34. The summed E-state index contributed by atoms with van der Waals surface area (Å²) in [6.07, 6.45) is 7.13. The second-order valence-corrected chi connectivity index (χ2v) is 6.47. The molecule has 2 fully saturated rings. The van der Waals surface area contributed by atoms with Gasteiger partial charge >= 0.3 is 0 Å². The highest BCUT2D eigenvalue weighted by Gasteiger charge is 2.40. The van der Waals surface area contributed by atoms with E-state index < -0.39 is 0 Å². The van der Waals surface area contributed by atoms with Crippen molar-refractivity contribution in [2.45, 2.75) is 52.9 Å². The van der Waals surface area contributed by atoms with Crippen LogP contribution in [0.4, 0.5) is 0 Å². The van der Waals surface area contributed by atoms with Crippen LogP contribution in [0.25, 0.3) is 0 Å². The van der Waals surface area contributed by atoms with Crippen LogP contribution in [0, 0.1) is 11.3 Å². The largest absolute Gasteiger partial charge is 0.357 e. The van der Waals surface area contributed by atoms with Crippen molar-refractivity contribution in [1.82, 2.24) is 10.2 Å². The summed E-state index contributed by atoms with van der Waals surface area (Å²) in [4.78, 5) is 7.28. The van der Waals surface area contributed by atoms with E-state index >= 15 is 0 Å². The topological polar surface area (TPSA) is 27.6 Å². The van der Waals surface area contributed by atoms with E-state index in [0.29, 0.717) is 11.3 Å². The number of rotatable bonds is 3. The fourth-order valence-electron chi connectivity index (χ4n) is 3.34. The smallest absolute Gasteiger partial charge is 0.193 e. The molecule has 2 rings (SSSR count). The van der Waals surface area contributed by atoms with Gasteiger partial charge in [-0.05, 0) is 37.5 Å². The van der Waals surface area contributed by atoms with Crippen molar-refractivity contribution >= 4 is 5.96 Å². The second kappa shape index (κ2) is 5.94. The third kappa shape index (κ3) is 3.18. The Morgan fingerprint density at radius 3 is 2.61 bits per heavy atom. The molecule has 0 unspecified atom stereocenters. The van der Waals surface area contributed by atoms with Crippen molar-refractivity contribution in [3.63, 3.8) is 0 Å². The summed E-state index contributed by atoms with van der Waals surface area (Å²) in [6, 6.07) is 0. The van der Waals surface area contributed by atoms with Gasteiger partial charge in [0.25, 0.3) is 0 Å². The number of hydrogen-bond donors (Lipinski definition) is 1. The van der Waals surface area contributed by atoms with Crippen molar-refractivity contribution in [2.24, 2.45) is 16.3 Å². The fraction of sp³-hybridized carbons (Fsp3) is 0.933. The van der Waals surface area contributed by atoms with Crippen molar-refractivity contribution in [3.8, 4) is 0 Å². The van der Waals surface area contributed by atoms with Gasteiger partial charge in [-0.1, -0.05) is 26.7 Å². The summed E-state index contributed by atoms with van der Waals surface area (Å²) in [5.41, 5.74) is 0.633. The second-order valence-electron chi connectivity index (χ2n) is 6.47. The molecule has 1 saturated carbocycles. The monoisotopic (exact) mass is 251 g/mol. The Balaban J connectivity index is 1.97. The molecule has 1 spiro atoms. The van der Waals surface area contributed by atoms with Gasteiger partial charge in [-0.3, -0.25) is 4.99 Å². The maximum absolute atomic E-state index is 4.78. The van der Waals surface area contributed by atoms with Crippen LogP contribution in [0.2, 0.25) is 0 Å². The molecule has 18 heavy (non-hydrogen) atoms. The minimum Gasteiger partial charge on any atom is -0.357 e. The minimum absolute atomic E-state index is 0.633. The average Bonchev–Trinajstić information content (AvgIpc) is 2.96. The highest BCUT2D eigenvalue weighted by molar-refractivity contribution is 5.80. The lowest BCUT2D eigenvalue weighted by atomic mass is 9.86. The summed E-state index contributed by atoms with van der Waals surface area (Å²) in [7, 11) is 0. The molecular weight excluding hydrogens is 222 g/mol. The van der Waals surface area contributed by atoms with Crippen molar-refractivity contribution in [3.05, 3.63) is 0 Å². The fourth-order valence-corrected chi connectivity index (χ4v) is 3.34. The van der Waals surface area contributed by atoms with Crippen LogP contribution in [0.3, 0.4) is 0 Å². The van der Waals surface area contributed by atoms with E-state index in [-0.39, 0.29) is 0 Å². The standard InChI is InChI=1S/C15H29N3/c1-4-16-14(17-11-13(2)3)18-10-9-15(12-18)7-5-6-8-15/h13H,4-12H2,1-3H3,(H,16,17). The summed E-state index contributed by atoms with van der Waals surface area (Å²) in [6.45, 7) is 11.0. The molecule has 0 aromatic heterocycles. The van der Waals surface area contributed by atoms with E-state index in [1.807, 2.05) is 0 Å². The minimum atomic E-state index is 0.633. The molecule has 1 N–H and O–H groups in total. The lowest BCUT2D eigenvalue weighted by Gasteiger charge is -2.26. The molecule has 0 aromatic carbocycles. The number of hydrogen-bond acceptors (Lipinski definition) is 1. The summed E-state index contributed by atoms with van der Waals surface area (Å²) >= 11 is 0. The molecule has 1 aliphatic heterocycles. The van der Waals surface area contributed by atoms with Crippen molar-refractivity contribution in [1.29, 1.82) is 0 Å². The van der Waals surface area contributed by atoms with Crippen LogP contribution in [-0.4, -0.2) is 37.0 Å². The Labute approximate surface area is 112 Å². The highest BCUT2D eigenvalue weighted by atomic mass is 15.3. The van der Waals surface area contributed by atoms with Gasteiger partial charge in [0.2, 0.25) is 0 Å². The summed E-state index contributed by atoms with van der Waals surface area (Å²) in [5.74, 6) is 1.79. The quantitative estimate of drug-likeness (QED) is 0.617. The van der Waals surface area contributed by atoms with Crippen LogP contribution < -0.4 is 5.32 Å². The van der Waals surface area contributed by atoms with Gasteiger partial charge in [0.1, 0.15) is 0 Å². The van der Waals surface area contributed by atoms with E-state index in [4.69, 9.17) is 4.99 Å². The Morgan fingerprint density at radius 1 is 1.28 bits per heavy atom. The zero-order valence-corrected chi connectivity index (χ0v) is 12.3. The maximum atomic E-state index is 4.78. The molecule has 0 bridgehead atoms. The molecule has 0 amide bonds. The van der Waals surface area contributed by atoms with Gasteiger partial charge in [0, 0.05) is 26.2 Å². The molecule has 2 aliphatic rings. The van der Waals surface area contributed by atoms with Crippen molar-refractivity contribution < 1.29 is 0 Å². The van der Waals surface area contributed by atoms with Crippen LogP contribution in [-0.2, 0) is 0 Å². The van der Waals surface area contributed by atoms with Crippen LogP contribution in [0.1, 0.15) is 52.9 Å². The van der Waals surface area contributed by atoms with Crippen LogP contribution in [0.15, 0.2) is 4.99 Å². The number of guanidine groups is 1. The van der Waals surface area contributed by atoms with Gasteiger partial charge < -0.3 is 10.2 Å². The Hall–Kier alpha value is -0.730. The predicted octanol–water partition coefficient (Wildman–Crippen LogP) is 2.87. The van der Waals surface area contributed by atoms with E-state index in [2.05, 4.69) is 31.0 Å². The van der Waals surface area contributed by atoms with Crippen LogP contribution >= 0.6 is 0 Å². The van der Waals surface area contributed by atoms with Gasteiger partial charge in [-0.2, -0.15) is 0 Å². The molecule has 0 aromatic rings. The first-order chi connectivity index (χ1) is 8.65. The Morgan fingerprint density at radius 2 is 2.00 bits per heavy atom. The maximum Gasteiger partial charge on any atom is 0.193 e. The van der Waals surface area contributed by atoms with Gasteiger partial charge in [0.05, 0.1) is 0 Å². The number of likely N-dealkylation sites (tertiary alicyclic amines) is 1. The first-order valence-corrected chi connectivity index (χ1v) is 7.68. The molecule has 104 valence electrons. The summed E-state index contributed by atoms with van der Waals surface area (Å²) in [5, 5.41) is 3.46. The first kappa shape index (κ1) is 13.7. The average molecular weight is 251 g/mol. The van der Waals surface area contributed by atoms with Gasteiger partial charge in [-0.25, -0.2) is 0 Å². The number of nitrogens with one attached hydrogen (secondary N) is 1. The Bertz CT molecular complexity index is 290. The molecule has 1 saturated heterocycles. The molecular formula is C15H29N3. The zero-order chi connectivity index (χ0) is 13.0. The van der Waals surface area contributed by atoms with E-state index in [0.717, 1.165) is 19.0 Å². The predicted molar refractivity (Wildman–Crippen MR) is 77.9 cm³/mol. The highest BCUT2D eigenvalue weighted by Crippen LogP contribution is 2.45.